The van der Waals surface area contributed by atoms with Crippen LogP contribution in [0.25, 0.3) is 5.69 Å². The first-order valence-corrected chi connectivity index (χ1v) is 7.37. The van der Waals surface area contributed by atoms with E-state index < -0.39 is 0 Å². The Balaban J connectivity index is 0.00000176. The molecule has 1 aliphatic rings. The van der Waals surface area contributed by atoms with Crippen molar-refractivity contribution in [2.24, 2.45) is 5.92 Å². The topological polar surface area (TPSA) is 59.0 Å². The summed E-state index contributed by atoms with van der Waals surface area (Å²) in [4.78, 5) is 12.3. The van der Waals surface area contributed by atoms with E-state index in [1.165, 1.54) is 0 Å². The summed E-state index contributed by atoms with van der Waals surface area (Å²) in [6.45, 7) is 3.80. The Labute approximate surface area is 136 Å². The first kappa shape index (κ1) is 16.5. The van der Waals surface area contributed by atoms with Crippen LogP contribution in [0.5, 0.6) is 0 Å². The highest BCUT2D eigenvalue weighted by atomic mass is 35.5. The van der Waals surface area contributed by atoms with Crippen molar-refractivity contribution < 1.29 is 4.79 Å². The molecule has 3 rings (SSSR count). The van der Waals surface area contributed by atoms with Gasteiger partial charge in [-0.25, -0.2) is 4.68 Å². The molecule has 0 saturated carbocycles. The second-order valence-corrected chi connectivity index (χ2v) is 5.40. The first-order valence-electron chi connectivity index (χ1n) is 7.37. The largest absolute Gasteiger partial charge is 0.323 e. The van der Waals surface area contributed by atoms with Gasteiger partial charge >= 0.3 is 0 Å². The number of carbonyl (C=O) groups excluding carboxylic acids is 1. The Morgan fingerprint density at radius 1 is 1.27 bits per heavy atom. The van der Waals surface area contributed by atoms with Gasteiger partial charge in [0.05, 0.1) is 23.3 Å². The van der Waals surface area contributed by atoms with Gasteiger partial charge in [0.1, 0.15) is 0 Å². The van der Waals surface area contributed by atoms with Gasteiger partial charge in [-0.1, -0.05) is 18.2 Å². The van der Waals surface area contributed by atoms with Crippen molar-refractivity contribution >= 4 is 24.0 Å². The van der Waals surface area contributed by atoms with Crippen molar-refractivity contribution in [3.05, 3.63) is 42.2 Å². The lowest BCUT2D eigenvalue weighted by Crippen LogP contribution is -2.34. The number of aromatic nitrogens is 2. The molecule has 22 heavy (non-hydrogen) atoms. The lowest BCUT2D eigenvalue weighted by molar-refractivity contribution is -0.120. The number of piperidine rings is 1. The van der Waals surface area contributed by atoms with Gasteiger partial charge in [0.25, 0.3) is 0 Å². The van der Waals surface area contributed by atoms with Crippen LogP contribution in [-0.2, 0) is 4.79 Å². The molecule has 0 radical (unpaired) electrons. The Morgan fingerprint density at radius 3 is 2.64 bits per heavy atom. The van der Waals surface area contributed by atoms with E-state index >= 15 is 0 Å². The van der Waals surface area contributed by atoms with Gasteiger partial charge in [0.2, 0.25) is 5.91 Å². The number of nitrogens with zero attached hydrogens (tertiary/aromatic N) is 2. The molecule has 2 heterocycles. The highest BCUT2D eigenvalue weighted by molar-refractivity contribution is 5.93. The lowest BCUT2D eigenvalue weighted by atomic mass is 9.97. The quantitative estimate of drug-likeness (QED) is 0.913. The molecule has 1 fully saturated rings. The Hall–Kier alpha value is -1.85. The Morgan fingerprint density at radius 2 is 1.95 bits per heavy atom. The molecule has 1 aliphatic heterocycles. The van der Waals surface area contributed by atoms with Gasteiger partial charge in [0.15, 0.2) is 0 Å². The van der Waals surface area contributed by atoms with Crippen LogP contribution in [0.4, 0.5) is 5.69 Å². The first-order chi connectivity index (χ1) is 10.3. The third-order valence-electron chi connectivity index (χ3n) is 3.98. The molecular weight excluding hydrogens is 300 g/mol. The predicted octanol–water partition coefficient (Wildman–Crippen LogP) is 2.54. The highest BCUT2D eigenvalue weighted by Gasteiger charge is 2.22. The van der Waals surface area contributed by atoms with Crippen molar-refractivity contribution in [3.63, 3.8) is 0 Å². The number of amides is 1. The number of halogens is 1. The summed E-state index contributed by atoms with van der Waals surface area (Å²) >= 11 is 0. The van der Waals surface area contributed by atoms with E-state index in [0.717, 1.165) is 43.0 Å². The maximum absolute atomic E-state index is 12.3. The highest BCUT2D eigenvalue weighted by Crippen LogP contribution is 2.20. The van der Waals surface area contributed by atoms with Crippen molar-refractivity contribution in [2.45, 2.75) is 19.8 Å². The molecular formula is C16H21ClN4O. The fourth-order valence-electron chi connectivity index (χ4n) is 2.68. The van der Waals surface area contributed by atoms with E-state index in [2.05, 4.69) is 15.7 Å². The van der Waals surface area contributed by atoms with Gasteiger partial charge in [-0.05, 0) is 45.0 Å². The third kappa shape index (κ3) is 3.48. The minimum Gasteiger partial charge on any atom is -0.323 e. The number of benzene rings is 1. The van der Waals surface area contributed by atoms with Crippen LogP contribution in [0.1, 0.15) is 18.5 Å². The SMILES string of the molecule is Cc1c(NC(=O)C2CCNCC2)cnn1-c1ccccc1.Cl. The maximum Gasteiger partial charge on any atom is 0.227 e. The molecule has 1 aromatic heterocycles. The number of hydrogen-bond acceptors (Lipinski definition) is 3. The molecule has 6 heteroatoms. The van der Waals surface area contributed by atoms with Gasteiger partial charge in [-0.3, -0.25) is 4.79 Å². The standard InChI is InChI=1S/C16H20N4O.ClH/c1-12-15(19-16(21)13-7-9-17-10-8-13)11-18-20(12)14-5-3-2-4-6-14;/h2-6,11,13,17H,7-10H2,1H3,(H,19,21);1H. The second-order valence-electron chi connectivity index (χ2n) is 5.40. The number of carbonyl (C=O) groups is 1. The Bertz CT molecular complexity index is 620. The molecule has 1 amide bonds. The van der Waals surface area contributed by atoms with Crippen LogP contribution in [0.3, 0.4) is 0 Å². The summed E-state index contributed by atoms with van der Waals surface area (Å²) in [6, 6.07) is 9.92. The van der Waals surface area contributed by atoms with Crippen molar-refractivity contribution in [1.82, 2.24) is 15.1 Å². The van der Waals surface area contributed by atoms with E-state index in [1.54, 1.807) is 6.20 Å². The number of hydrogen-bond donors (Lipinski definition) is 2. The summed E-state index contributed by atoms with van der Waals surface area (Å²) in [5, 5.41) is 10.7. The molecule has 0 spiro atoms. The van der Waals surface area contributed by atoms with Crippen LogP contribution in [-0.4, -0.2) is 28.8 Å². The number of rotatable bonds is 3. The van der Waals surface area contributed by atoms with E-state index in [1.807, 2.05) is 41.9 Å². The maximum atomic E-state index is 12.3. The van der Waals surface area contributed by atoms with E-state index in [0.29, 0.717) is 0 Å². The monoisotopic (exact) mass is 320 g/mol. The van der Waals surface area contributed by atoms with Crippen LogP contribution >= 0.6 is 12.4 Å². The predicted molar refractivity (Wildman–Crippen MR) is 89.8 cm³/mol. The van der Waals surface area contributed by atoms with Crippen molar-refractivity contribution in [2.75, 3.05) is 18.4 Å². The summed E-state index contributed by atoms with van der Waals surface area (Å²) in [6.07, 6.45) is 3.52. The summed E-state index contributed by atoms with van der Waals surface area (Å²) in [5.41, 5.74) is 2.74. The molecule has 2 aromatic rings. The minimum atomic E-state index is 0. The average molecular weight is 321 g/mol. The fraction of sp³-hybridized carbons (Fsp3) is 0.375. The zero-order chi connectivity index (χ0) is 14.7. The molecule has 1 aromatic carbocycles. The van der Waals surface area contributed by atoms with Crippen LogP contribution in [0.15, 0.2) is 36.5 Å². The minimum absolute atomic E-state index is 0. The molecule has 0 aliphatic carbocycles. The molecule has 0 unspecified atom stereocenters. The van der Waals surface area contributed by atoms with Gasteiger partial charge in [0, 0.05) is 5.92 Å². The molecule has 0 bridgehead atoms. The van der Waals surface area contributed by atoms with E-state index in [-0.39, 0.29) is 24.2 Å². The number of para-hydroxylation sites is 1. The van der Waals surface area contributed by atoms with Gasteiger partial charge in [-0.15, -0.1) is 12.4 Å². The zero-order valence-corrected chi connectivity index (χ0v) is 13.4. The summed E-state index contributed by atoms with van der Waals surface area (Å²) in [7, 11) is 0. The fourth-order valence-corrected chi connectivity index (χ4v) is 2.68. The number of nitrogens with one attached hydrogen (secondary N) is 2. The van der Waals surface area contributed by atoms with Crippen LogP contribution < -0.4 is 10.6 Å². The van der Waals surface area contributed by atoms with E-state index in [9.17, 15) is 4.79 Å². The van der Waals surface area contributed by atoms with E-state index in [4.69, 9.17) is 0 Å². The molecule has 2 N–H and O–H groups in total. The molecule has 118 valence electrons. The molecule has 0 atom stereocenters. The van der Waals surface area contributed by atoms with Crippen molar-refractivity contribution in [3.8, 4) is 5.69 Å². The summed E-state index contributed by atoms with van der Waals surface area (Å²) < 4.78 is 1.85. The smallest absolute Gasteiger partial charge is 0.227 e. The zero-order valence-electron chi connectivity index (χ0n) is 12.6. The molecule has 5 nitrogen and oxygen atoms in total. The van der Waals surface area contributed by atoms with Crippen molar-refractivity contribution in [1.29, 1.82) is 0 Å². The second kappa shape index (κ2) is 7.42. The Kier molecular flexibility index (Phi) is 5.57. The third-order valence-corrected chi connectivity index (χ3v) is 3.98. The molecule has 1 saturated heterocycles. The number of anilines is 1. The van der Waals surface area contributed by atoms with Crippen LogP contribution in [0, 0.1) is 12.8 Å². The average Bonchev–Trinajstić information content (AvgIpc) is 2.90. The summed E-state index contributed by atoms with van der Waals surface area (Å²) in [5.74, 6) is 0.206. The normalized spacial score (nSPS) is 15.1. The van der Waals surface area contributed by atoms with Gasteiger partial charge in [-0.2, -0.15) is 5.10 Å². The van der Waals surface area contributed by atoms with Crippen LogP contribution in [0.2, 0.25) is 0 Å². The lowest BCUT2D eigenvalue weighted by Gasteiger charge is -2.21. The van der Waals surface area contributed by atoms with Gasteiger partial charge < -0.3 is 10.6 Å².